The number of para-hydroxylation sites is 3. The molecule has 2 aliphatic heterocycles. The van der Waals surface area contributed by atoms with E-state index in [1.165, 1.54) is 0 Å². The van der Waals surface area contributed by atoms with Crippen molar-refractivity contribution in [2.24, 2.45) is 0 Å². The quantitative estimate of drug-likeness (QED) is 0.840. The third-order valence-corrected chi connectivity index (χ3v) is 5.87. The molecule has 0 radical (unpaired) electrons. The summed E-state index contributed by atoms with van der Waals surface area (Å²) in [6, 6.07) is 15.2. The molecule has 2 amide bonds. The fourth-order valence-corrected chi connectivity index (χ4v) is 4.35. The Balaban J connectivity index is 1.43. The van der Waals surface area contributed by atoms with E-state index < -0.39 is 0 Å². The van der Waals surface area contributed by atoms with Gasteiger partial charge < -0.3 is 15.1 Å². The van der Waals surface area contributed by atoms with Crippen LogP contribution < -0.4 is 15.1 Å². The maximum Gasteiger partial charge on any atom is 0.241 e. The molecule has 2 heterocycles. The highest BCUT2D eigenvalue weighted by Gasteiger charge is 2.31. The Morgan fingerprint density at radius 1 is 1.03 bits per heavy atom. The Labute approximate surface area is 176 Å². The summed E-state index contributed by atoms with van der Waals surface area (Å²) in [6.45, 7) is 5.49. The van der Waals surface area contributed by atoms with Crippen molar-refractivity contribution < 1.29 is 9.59 Å². The summed E-state index contributed by atoms with van der Waals surface area (Å²) in [7, 11) is 0. The molecular weight excluding hydrogens is 388 g/mol. The molecule has 1 saturated heterocycles. The number of anilines is 3. The van der Waals surface area contributed by atoms with Crippen LogP contribution in [0.1, 0.15) is 13.3 Å². The van der Waals surface area contributed by atoms with Crippen LogP contribution in [-0.2, 0) is 9.59 Å². The number of amides is 2. The topological polar surface area (TPSA) is 55.9 Å². The van der Waals surface area contributed by atoms with Gasteiger partial charge in [0.25, 0.3) is 0 Å². The Hall–Kier alpha value is -2.57. The van der Waals surface area contributed by atoms with Gasteiger partial charge in [-0.2, -0.15) is 0 Å². The van der Waals surface area contributed by atoms with Crippen LogP contribution in [0.25, 0.3) is 0 Å². The van der Waals surface area contributed by atoms with Crippen molar-refractivity contribution in [3.63, 3.8) is 0 Å². The number of hydrogen-bond donors (Lipinski definition) is 1. The standard InChI is InChI=1S/C22H25ClN4O2/c1-16-14-21(28)24-18-7-3-5-9-20(18)27(16)22(29)15-25-10-12-26(13-11-25)19-8-4-2-6-17(19)23/h2-9,16H,10-15H2,1H3,(H,24,28). The SMILES string of the molecule is CC1CC(=O)Nc2ccccc2N1C(=O)CN1CCN(c2ccccc2Cl)CC1. The molecular formula is C22H25ClN4O2. The first-order valence-corrected chi connectivity index (χ1v) is 10.3. The fourth-order valence-electron chi connectivity index (χ4n) is 4.09. The summed E-state index contributed by atoms with van der Waals surface area (Å²) in [5.41, 5.74) is 2.50. The number of hydrogen-bond acceptors (Lipinski definition) is 4. The third kappa shape index (κ3) is 4.23. The van der Waals surface area contributed by atoms with Gasteiger partial charge in [-0.25, -0.2) is 0 Å². The molecule has 152 valence electrons. The van der Waals surface area contributed by atoms with Crippen LogP contribution in [0.3, 0.4) is 0 Å². The lowest BCUT2D eigenvalue weighted by atomic mass is 10.1. The summed E-state index contributed by atoms with van der Waals surface area (Å²) in [5.74, 6) is -0.0405. The minimum Gasteiger partial charge on any atom is -0.368 e. The summed E-state index contributed by atoms with van der Waals surface area (Å²) in [4.78, 5) is 31.6. The highest BCUT2D eigenvalue weighted by molar-refractivity contribution is 6.33. The molecule has 2 aliphatic rings. The summed E-state index contributed by atoms with van der Waals surface area (Å²) in [6.07, 6.45) is 0.292. The van der Waals surface area contributed by atoms with Gasteiger partial charge in [0.15, 0.2) is 0 Å². The van der Waals surface area contributed by atoms with Crippen molar-refractivity contribution in [1.82, 2.24) is 4.90 Å². The molecule has 0 aliphatic carbocycles. The highest BCUT2D eigenvalue weighted by Crippen LogP contribution is 2.31. The average Bonchev–Trinajstić information content (AvgIpc) is 2.83. The Morgan fingerprint density at radius 2 is 1.69 bits per heavy atom. The predicted molar refractivity (Wildman–Crippen MR) is 117 cm³/mol. The minimum absolute atomic E-state index is 0.0210. The molecule has 1 fully saturated rings. The molecule has 6 nitrogen and oxygen atoms in total. The number of rotatable bonds is 3. The van der Waals surface area contributed by atoms with E-state index in [0.29, 0.717) is 18.7 Å². The van der Waals surface area contributed by atoms with Crippen molar-refractivity contribution in [2.45, 2.75) is 19.4 Å². The smallest absolute Gasteiger partial charge is 0.241 e. The molecule has 4 rings (SSSR count). The van der Waals surface area contributed by atoms with Crippen molar-refractivity contribution in [3.05, 3.63) is 53.6 Å². The zero-order valence-corrected chi connectivity index (χ0v) is 17.2. The van der Waals surface area contributed by atoms with Crippen LogP contribution in [0, 0.1) is 0 Å². The molecule has 0 bridgehead atoms. The number of nitrogens with zero attached hydrogens (tertiary/aromatic N) is 3. The van der Waals surface area contributed by atoms with E-state index in [0.717, 1.165) is 42.6 Å². The Bertz CT molecular complexity index is 911. The second-order valence-electron chi connectivity index (χ2n) is 7.60. The van der Waals surface area contributed by atoms with Crippen LogP contribution in [0.2, 0.25) is 5.02 Å². The first-order chi connectivity index (χ1) is 14.0. The van der Waals surface area contributed by atoms with E-state index >= 15 is 0 Å². The van der Waals surface area contributed by atoms with Crippen LogP contribution in [0.15, 0.2) is 48.5 Å². The van der Waals surface area contributed by atoms with Gasteiger partial charge in [-0.15, -0.1) is 0 Å². The number of fused-ring (bicyclic) bond motifs is 1. The average molecular weight is 413 g/mol. The van der Waals surface area contributed by atoms with Gasteiger partial charge in [-0.3, -0.25) is 14.5 Å². The van der Waals surface area contributed by atoms with Gasteiger partial charge in [0.05, 0.1) is 28.6 Å². The number of carbonyl (C=O) groups is 2. The van der Waals surface area contributed by atoms with Crippen LogP contribution in [-0.4, -0.2) is 55.5 Å². The van der Waals surface area contributed by atoms with E-state index in [1.807, 2.05) is 55.5 Å². The predicted octanol–water partition coefficient (Wildman–Crippen LogP) is 3.23. The van der Waals surface area contributed by atoms with E-state index in [9.17, 15) is 9.59 Å². The molecule has 1 unspecified atom stereocenters. The second kappa shape index (κ2) is 8.43. The molecule has 1 N–H and O–H groups in total. The number of carbonyl (C=O) groups excluding carboxylic acids is 2. The number of piperazine rings is 1. The van der Waals surface area contributed by atoms with Gasteiger partial charge in [-0.05, 0) is 31.2 Å². The van der Waals surface area contributed by atoms with Gasteiger partial charge in [0, 0.05) is 38.6 Å². The second-order valence-corrected chi connectivity index (χ2v) is 8.00. The van der Waals surface area contributed by atoms with Crippen molar-refractivity contribution >= 4 is 40.5 Å². The maximum absolute atomic E-state index is 13.2. The van der Waals surface area contributed by atoms with Crippen molar-refractivity contribution in [1.29, 1.82) is 0 Å². The van der Waals surface area contributed by atoms with Gasteiger partial charge in [0.1, 0.15) is 0 Å². The lowest BCUT2D eigenvalue weighted by molar-refractivity contribution is -0.120. The molecule has 0 saturated carbocycles. The largest absolute Gasteiger partial charge is 0.368 e. The molecule has 0 spiro atoms. The Morgan fingerprint density at radius 3 is 2.41 bits per heavy atom. The summed E-state index contributed by atoms with van der Waals surface area (Å²) in [5, 5.41) is 3.66. The minimum atomic E-state index is -0.185. The van der Waals surface area contributed by atoms with Gasteiger partial charge in [0.2, 0.25) is 11.8 Å². The van der Waals surface area contributed by atoms with Crippen molar-refractivity contribution in [3.8, 4) is 0 Å². The zero-order valence-electron chi connectivity index (χ0n) is 16.5. The first kappa shape index (κ1) is 19.7. The lowest BCUT2D eigenvalue weighted by Gasteiger charge is -2.37. The third-order valence-electron chi connectivity index (χ3n) is 5.55. The molecule has 0 aromatic heterocycles. The number of benzene rings is 2. The van der Waals surface area contributed by atoms with E-state index in [2.05, 4.69) is 15.1 Å². The van der Waals surface area contributed by atoms with Crippen LogP contribution in [0.4, 0.5) is 17.1 Å². The zero-order chi connectivity index (χ0) is 20.4. The first-order valence-electron chi connectivity index (χ1n) is 9.95. The molecule has 29 heavy (non-hydrogen) atoms. The number of nitrogens with one attached hydrogen (secondary N) is 1. The Kier molecular flexibility index (Phi) is 5.74. The lowest BCUT2D eigenvalue weighted by Crippen LogP contribution is -2.51. The molecule has 1 atom stereocenters. The highest BCUT2D eigenvalue weighted by atomic mass is 35.5. The van der Waals surface area contributed by atoms with Crippen LogP contribution in [0.5, 0.6) is 0 Å². The molecule has 7 heteroatoms. The number of halogens is 1. The normalized spacial score (nSPS) is 20.1. The van der Waals surface area contributed by atoms with E-state index in [-0.39, 0.29) is 17.9 Å². The maximum atomic E-state index is 13.2. The van der Waals surface area contributed by atoms with Gasteiger partial charge >= 0.3 is 0 Å². The van der Waals surface area contributed by atoms with Gasteiger partial charge in [-0.1, -0.05) is 35.9 Å². The van der Waals surface area contributed by atoms with E-state index in [4.69, 9.17) is 11.6 Å². The van der Waals surface area contributed by atoms with Crippen LogP contribution >= 0.6 is 11.6 Å². The molecule has 2 aromatic carbocycles. The summed E-state index contributed by atoms with van der Waals surface area (Å²) >= 11 is 6.32. The fraction of sp³-hybridized carbons (Fsp3) is 0.364. The molecule has 2 aromatic rings. The summed E-state index contributed by atoms with van der Waals surface area (Å²) < 4.78 is 0. The van der Waals surface area contributed by atoms with E-state index in [1.54, 1.807) is 4.90 Å². The monoisotopic (exact) mass is 412 g/mol. The van der Waals surface area contributed by atoms with Crippen molar-refractivity contribution in [2.75, 3.05) is 47.8 Å².